The zero-order valence-corrected chi connectivity index (χ0v) is 32.9. The van der Waals surface area contributed by atoms with Crippen LogP contribution in [0.1, 0.15) is 45.2 Å². The van der Waals surface area contributed by atoms with Gasteiger partial charge in [-0.25, -0.2) is 14.6 Å². The third-order valence-corrected chi connectivity index (χ3v) is 9.01. The molecule has 0 unspecified atom stereocenters. The Labute approximate surface area is 325 Å². The van der Waals surface area contributed by atoms with Crippen molar-refractivity contribution in [2.24, 2.45) is 11.8 Å². The van der Waals surface area contributed by atoms with Gasteiger partial charge in [0.2, 0.25) is 5.72 Å². The fourth-order valence-corrected chi connectivity index (χ4v) is 5.73. The Balaban J connectivity index is 1.93. The highest BCUT2D eigenvalue weighted by Crippen LogP contribution is 2.21. The van der Waals surface area contributed by atoms with Crippen LogP contribution in [0.25, 0.3) is 11.1 Å². The molecule has 0 saturated carbocycles. The van der Waals surface area contributed by atoms with Crippen LogP contribution in [0.3, 0.4) is 0 Å². The molecule has 14 nitrogen and oxygen atoms in total. The lowest BCUT2D eigenvalue weighted by Gasteiger charge is -2.35. The van der Waals surface area contributed by atoms with E-state index in [0.29, 0.717) is 19.4 Å². The van der Waals surface area contributed by atoms with Crippen LogP contribution in [0.15, 0.2) is 84.9 Å². The maximum Gasteiger partial charge on any atom is 0.317 e. The predicted octanol–water partition coefficient (Wildman–Crippen LogP) is 3.56. The molecule has 300 valence electrons. The number of amides is 6. The average Bonchev–Trinajstić information content (AvgIpc) is 3.16. The van der Waals surface area contributed by atoms with Crippen LogP contribution < -0.4 is 32.0 Å². The average molecular weight is 762 g/mol. The fraction of sp³-hybridized carbons (Fsp3) is 0.463. The zero-order valence-electron chi connectivity index (χ0n) is 32.9. The van der Waals surface area contributed by atoms with Gasteiger partial charge in [-0.3, -0.25) is 15.0 Å². The van der Waals surface area contributed by atoms with Gasteiger partial charge in [0, 0.05) is 52.4 Å². The first kappa shape index (κ1) is 44.4. The van der Waals surface area contributed by atoms with Gasteiger partial charge in [-0.2, -0.15) is 0 Å². The second kappa shape index (κ2) is 23.0. The van der Waals surface area contributed by atoms with Gasteiger partial charge < -0.3 is 41.2 Å². The van der Waals surface area contributed by atoms with Crippen molar-refractivity contribution >= 4 is 23.9 Å². The van der Waals surface area contributed by atoms with Crippen molar-refractivity contribution in [3.05, 3.63) is 96.1 Å². The van der Waals surface area contributed by atoms with E-state index >= 15 is 0 Å². The molecular weight excluding hydrogens is 702 g/mol. The number of methoxy groups -OCH3 is 2. The molecule has 6 amide bonds. The summed E-state index contributed by atoms with van der Waals surface area (Å²) in [5.74, 6) is -2.22. The van der Waals surface area contributed by atoms with Crippen molar-refractivity contribution in [3.63, 3.8) is 0 Å². The van der Waals surface area contributed by atoms with Gasteiger partial charge in [0.15, 0.2) is 0 Å². The summed E-state index contributed by atoms with van der Waals surface area (Å²) < 4.78 is 10.0. The van der Waals surface area contributed by atoms with Crippen LogP contribution in [0.5, 0.6) is 0 Å². The Kier molecular flexibility index (Phi) is 18.6. The molecule has 0 aliphatic carbocycles. The Bertz CT molecular complexity index is 1610. The molecule has 0 saturated heterocycles. The summed E-state index contributed by atoms with van der Waals surface area (Å²) in [5, 5.41) is 26.8. The number of carbonyl (C=O) groups excluding carboxylic acids is 4. The molecule has 3 aromatic rings. The first-order valence-electron chi connectivity index (χ1n) is 18.7. The summed E-state index contributed by atoms with van der Waals surface area (Å²) in [6.45, 7) is 8.31. The van der Waals surface area contributed by atoms with Gasteiger partial charge in [0.05, 0.1) is 13.2 Å². The Morgan fingerprint density at radius 1 is 0.727 bits per heavy atom. The number of urea groups is 2. The first-order valence-corrected chi connectivity index (χ1v) is 18.7. The van der Waals surface area contributed by atoms with Crippen molar-refractivity contribution in [2.45, 2.75) is 64.9 Å². The maximum atomic E-state index is 14.0. The van der Waals surface area contributed by atoms with Crippen molar-refractivity contribution in [1.82, 2.24) is 37.0 Å². The molecule has 0 aromatic heterocycles. The van der Waals surface area contributed by atoms with Crippen molar-refractivity contribution in [2.75, 3.05) is 47.1 Å². The highest BCUT2D eigenvalue weighted by atomic mass is 16.5. The van der Waals surface area contributed by atoms with Gasteiger partial charge in [-0.05, 0) is 41.0 Å². The van der Waals surface area contributed by atoms with E-state index in [-0.39, 0.29) is 38.7 Å². The molecule has 0 fully saturated rings. The van der Waals surface area contributed by atoms with Crippen LogP contribution in [0.4, 0.5) is 9.59 Å². The van der Waals surface area contributed by atoms with Crippen LogP contribution in [0, 0.1) is 11.8 Å². The second-order valence-corrected chi connectivity index (χ2v) is 14.0. The smallest absolute Gasteiger partial charge is 0.317 e. The standard InChI is InChI=1S/C41H59N7O7/c1-29(2)36(45-39(51)42-23-25-54-5)37(49)47-48(27-32-17-20-34(21-18-32)33-15-11-8-12-16-33)28-35(22-19-31-13-9-7-10-14-31)44-38(50)41(53,30(3)4)46-40(52)43-24-26-55-6/h7-18,20-21,29-30,35-36,53H,19,22-28H2,1-6H3,(H,44,50)(H,47,49)(H2,42,45,51)(H2,43,46,52)/t35-,36-,41+/m0/s1. The highest BCUT2D eigenvalue weighted by Gasteiger charge is 2.42. The number of ether oxygens (including phenoxy) is 2. The predicted molar refractivity (Wildman–Crippen MR) is 212 cm³/mol. The molecule has 55 heavy (non-hydrogen) atoms. The van der Waals surface area contributed by atoms with Crippen LogP contribution in [-0.2, 0) is 32.0 Å². The molecule has 0 heterocycles. The first-order chi connectivity index (χ1) is 26.4. The molecule has 0 aliphatic rings. The quantitative estimate of drug-likeness (QED) is 0.0461. The van der Waals surface area contributed by atoms with Crippen LogP contribution in [-0.4, -0.2) is 98.9 Å². The summed E-state index contributed by atoms with van der Waals surface area (Å²) >= 11 is 0. The summed E-state index contributed by atoms with van der Waals surface area (Å²) in [4.78, 5) is 53.3. The molecule has 0 spiro atoms. The van der Waals surface area contributed by atoms with Crippen molar-refractivity contribution < 1.29 is 33.8 Å². The molecule has 3 atom stereocenters. The number of nitrogens with zero attached hydrogens (tertiary/aromatic N) is 1. The third-order valence-electron chi connectivity index (χ3n) is 9.01. The summed E-state index contributed by atoms with van der Waals surface area (Å²) in [5.41, 5.74) is 4.77. The van der Waals surface area contributed by atoms with Gasteiger partial charge in [0.25, 0.3) is 11.8 Å². The largest absolute Gasteiger partial charge is 0.383 e. The lowest BCUT2D eigenvalue weighted by atomic mass is 9.97. The number of aliphatic hydroxyl groups is 1. The van der Waals surface area contributed by atoms with Gasteiger partial charge in [0.1, 0.15) is 6.04 Å². The molecule has 0 bridgehead atoms. The highest BCUT2D eigenvalue weighted by molar-refractivity contribution is 5.90. The lowest BCUT2D eigenvalue weighted by molar-refractivity contribution is -0.148. The maximum absolute atomic E-state index is 14.0. The van der Waals surface area contributed by atoms with E-state index in [4.69, 9.17) is 9.47 Å². The summed E-state index contributed by atoms with van der Waals surface area (Å²) in [7, 11) is 3.03. The molecular formula is C41H59N7O7. The number of rotatable bonds is 22. The van der Waals surface area contributed by atoms with E-state index in [1.165, 1.54) is 14.2 Å². The Morgan fingerprint density at radius 2 is 1.29 bits per heavy atom. The normalized spacial score (nSPS) is 13.4. The zero-order chi connectivity index (χ0) is 40.2. The monoisotopic (exact) mass is 761 g/mol. The molecule has 0 aliphatic heterocycles. The van der Waals surface area contributed by atoms with Crippen LogP contribution in [0.2, 0.25) is 0 Å². The van der Waals surface area contributed by atoms with E-state index in [2.05, 4.69) is 32.0 Å². The number of hydrazine groups is 1. The number of benzene rings is 3. The fourth-order valence-electron chi connectivity index (χ4n) is 5.73. The molecule has 3 rings (SSSR count). The molecule has 7 N–H and O–H groups in total. The summed E-state index contributed by atoms with van der Waals surface area (Å²) in [6.07, 6.45) is 0.999. The van der Waals surface area contributed by atoms with E-state index in [1.54, 1.807) is 18.9 Å². The van der Waals surface area contributed by atoms with Gasteiger partial charge in [-0.15, -0.1) is 0 Å². The number of hydrogen-bond donors (Lipinski definition) is 7. The SMILES string of the molecule is COCCNC(=O)N[C@H](C(=O)NN(Cc1ccc(-c2ccccc2)cc1)C[C@H](CCc1ccccc1)NC(=O)[C@@](O)(NC(=O)NCCOC)C(C)C)C(C)C. The molecule has 0 radical (unpaired) electrons. The van der Waals surface area contributed by atoms with Crippen LogP contribution >= 0.6 is 0 Å². The number of carbonyl (C=O) groups is 4. The molecule has 14 heteroatoms. The Hall–Kier alpha value is -5.02. The topological polar surface area (TPSA) is 182 Å². The van der Waals surface area contributed by atoms with Crippen molar-refractivity contribution in [3.8, 4) is 11.1 Å². The third kappa shape index (κ3) is 15.0. The number of hydrogen-bond acceptors (Lipinski definition) is 8. The van der Waals surface area contributed by atoms with E-state index in [9.17, 15) is 24.3 Å². The lowest BCUT2D eigenvalue weighted by Crippen LogP contribution is -2.66. The Morgan fingerprint density at radius 3 is 1.85 bits per heavy atom. The summed E-state index contributed by atoms with van der Waals surface area (Å²) in [6, 6.07) is 25.0. The van der Waals surface area contributed by atoms with E-state index in [1.807, 2.05) is 98.8 Å². The second-order valence-electron chi connectivity index (χ2n) is 14.0. The minimum absolute atomic E-state index is 0.115. The van der Waals surface area contributed by atoms with Gasteiger partial charge in [-0.1, -0.05) is 113 Å². The van der Waals surface area contributed by atoms with Gasteiger partial charge >= 0.3 is 12.1 Å². The van der Waals surface area contributed by atoms with E-state index in [0.717, 1.165) is 22.3 Å². The molecule has 3 aromatic carbocycles. The van der Waals surface area contributed by atoms with Crippen molar-refractivity contribution in [1.29, 1.82) is 0 Å². The number of aryl methyl sites for hydroxylation is 1. The van der Waals surface area contributed by atoms with E-state index < -0.39 is 47.6 Å². The minimum atomic E-state index is -2.26. The minimum Gasteiger partial charge on any atom is -0.383 e. The number of nitrogens with one attached hydrogen (secondary N) is 6.